The zero-order chi connectivity index (χ0) is 20.5. The standard InChI is InChI=1S/C21H45O2PS2/c1-10-13-19(4,5)16-23-24(22,25-17-20(6,7)14-11-2)26-18-21(8,9)15-12-3/h10-18H2,1-9H3. The van der Waals surface area contributed by atoms with Crippen LogP contribution in [0.25, 0.3) is 0 Å². The smallest absolute Gasteiger partial charge is 0.313 e. The fourth-order valence-corrected chi connectivity index (χ4v) is 10.8. The van der Waals surface area contributed by atoms with Crippen molar-refractivity contribution >= 4 is 28.5 Å². The highest BCUT2D eigenvalue weighted by atomic mass is 33.1. The molecule has 0 bridgehead atoms. The summed E-state index contributed by atoms with van der Waals surface area (Å²) < 4.78 is 19.8. The van der Waals surface area contributed by atoms with Crippen molar-refractivity contribution in [2.45, 2.75) is 101 Å². The van der Waals surface area contributed by atoms with Crippen LogP contribution in [0.1, 0.15) is 101 Å². The number of hydrogen-bond donors (Lipinski definition) is 0. The predicted octanol–water partition coefficient (Wildman–Crippen LogP) is 9.06. The van der Waals surface area contributed by atoms with Gasteiger partial charge in [-0.25, -0.2) is 0 Å². The topological polar surface area (TPSA) is 26.3 Å². The van der Waals surface area contributed by atoms with E-state index < -0.39 is 5.77 Å². The zero-order valence-electron chi connectivity index (χ0n) is 18.9. The molecule has 0 aromatic heterocycles. The molecule has 0 aliphatic carbocycles. The maximum Gasteiger partial charge on any atom is 0.313 e. The Morgan fingerprint density at radius 2 is 1.04 bits per heavy atom. The summed E-state index contributed by atoms with van der Waals surface area (Å²) in [5, 5.41) is 0. The molecule has 0 aliphatic rings. The Morgan fingerprint density at radius 3 is 1.38 bits per heavy atom. The minimum absolute atomic E-state index is 0.0867. The van der Waals surface area contributed by atoms with Gasteiger partial charge in [-0.1, -0.05) is 104 Å². The van der Waals surface area contributed by atoms with Crippen LogP contribution in [0.15, 0.2) is 0 Å². The third-order valence-corrected chi connectivity index (χ3v) is 12.7. The summed E-state index contributed by atoms with van der Waals surface area (Å²) in [7, 11) is 0. The predicted molar refractivity (Wildman–Crippen MR) is 125 cm³/mol. The lowest BCUT2D eigenvalue weighted by Crippen LogP contribution is -2.19. The van der Waals surface area contributed by atoms with Crippen LogP contribution in [0.3, 0.4) is 0 Å². The van der Waals surface area contributed by atoms with E-state index in [-0.39, 0.29) is 16.2 Å². The molecule has 0 N–H and O–H groups in total. The number of hydrogen-bond acceptors (Lipinski definition) is 4. The SMILES string of the molecule is CCCC(C)(C)COP(=O)(SCC(C)(C)CCC)SCC(C)(C)CCC. The third-order valence-electron chi connectivity index (χ3n) is 4.62. The van der Waals surface area contributed by atoms with Gasteiger partial charge < -0.3 is 4.52 Å². The lowest BCUT2D eigenvalue weighted by Gasteiger charge is -2.31. The van der Waals surface area contributed by atoms with Gasteiger partial charge in [0.1, 0.15) is 0 Å². The van der Waals surface area contributed by atoms with Crippen molar-refractivity contribution in [3.63, 3.8) is 0 Å². The van der Waals surface area contributed by atoms with E-state index in [0.29, 0.717) is 6.61 Å². The van der Waals surface area contributed by atoms with Gasteiger partial charge in [-0.3, -0.25) is 4.57 Å². The van der Waals surface area contributed by atoms with E-state index in [0.717, 1.165) is 37.2 Å². The molecule has 0 aromatic rings. The summed E-state index contributed by atoms with van der Waals surface area (Å²) in [6.07, 6.45) is 6.89. The molecule has 0 fully saturated rings. The molecule has 0 unspecified atom stereocenters. The lowest BCUT2D eigenvalue weighted by molar-refractivity contribution is 0.179. The summed E-state index contributed by atoms with van der Waals surface area (Å²) in [6, 6.07) is 0. The van der Waals surface area contributed by atoms with Crippen molar-refractivity contribution in [1.29, 1.82) is 0 Å². The molecule has 0 aliphatic heterocycles. The highest BCUT2D eigenvalue weighted by Gasteiger charge is 2.33. The maximum atomic E-state index is 13.7. The minimum Gasteiger partial charge on any atom is -0.313 e. The van der Waals surface area contributed by atoms with Crippen LogP contribution < -0.4 is 0 Å². The molecule has 158 valence electrons. The Balaban J connectivity index is 5.04. The largest absolute Gasteiger partial charge is 0.313 e. The van der Waals surface area contributed by atoms with E-state index in [4.69, 9.17) is 4.52 Å². The highest BCUT2D eigenvalue weighted by molar-refractivity contribution is 8.89. The fourth-order valence-electron chi connectivity index (χ4n) is 3.12. The molecule has 0 amide bonds. The molecule has 0 radical (unpaired) electrons. The van der Waals surface area contributed by atoms with Gasteiger partial charge in [0.2, 0.25) is 0 Å². The van der Waals surface area contributed by atoms with Gasteiger partial charge in [0.15, 0.2) is 0 Å². The average Bonchev–Trinajstić information content (AvgIpc) is 2.50. The quantitative estimate of drug-likeness (QED) is 0.245. The average molecular weight is 425 g/mol. The van der Waals surface area contributed by atoms with Crippen LogP contribution in [-0.2, 0) is 9.09 Å². The normalized spacial score (nSPS) is 14.0. The summed E-state index contributed by atoms with van der Waals surface area (Å²) in [4.78, 5) is 0. The Labute approximate surface area is 172 Å². The van der Waals surface area contributed by atoms with Crippen molar-refractivity contribution in [2.24, 2.45) is 16.2 Å². The molecule has 0 heterocycles. The Morgan fingerprint density at radius 1 is 0.692 bits per heavy atom. The van der Waals surface area contributed by atoms with Gasteiger partial charge in [0, 0.05) is 11.5 Å². The summed E-state index contributed by atoms with van der Waals surface area (Å²) in [5.74, 6) is -0.954. The maximum absolute atomic E-state index is 13.7. The molecular formula is C21H45O2PS2. The second-order valence-electron chi connectivity index (χ2n) is 10.0. The van der Waals surface area contributed by atoms with Crippen molar-refractivity contribution in [2.75, 3.05) is 18.1 Å². The van der Waals surface area contributed by atoms with Crippen molar-refractivity contribution < 1.29 is 9.09 Å². The molecule has 26 heavy (non-hydrogen) atoms. The van der Waals surface area contributed by atoms with Crippen molar-refractivity contribution in [3.05, 3.63) is 0 Å². The first-order valence-electron chi connectivity index (χ1n) is 10.3. The summed E-state index contributed by atoms with van der Waals surface area (Å²) in [5.41, 5.74) is 0.497. The monoisotopic (exact) mass is 424 g/mol. The van der Waals surface area contributed by atoms with Crippen LogP contribution >= 0.6 is 28.5 Å². The van der Waals surface area contributed by atoms with Crippen LogP contribution in [0.2, 0.25) is 0 Å². The molecule has 0 atom stereocenters. The fraction of sp³-hybridized carbons (Fsp3) is 1.00. The van der Waals surface area contributed by atoms with E-state index in [1.807, 2.05) is 0 Å². The van der Waals surface area contributed by atoms with E-state index in [1.54, 1.807) is 22.8 Å². The number of rotatable bonds is 15. The second-order valence-corrected chi connectivity index (χ2v) is 17.4. The zero-order valence-corrected chi connectivity index (χ0v) is 21.5. The second kappa shape index (κ2) is 11.8. The molecular weight excluding hydrogens is 379 g/mol. The van der Waals surface area contributed by atoms with Gasteiger partial charge in [-0.15, -0.1) is 0 Å². The first-order valence-corrected chi connectivity index (χ1v) is 15.1. The summed E-state index contributed by atoms with van der Waals surface area (Å²) >= 11 is 3.17. The van der Waals surface area contributed by atoms with Gasteiger partial charge in [0.25, 0.3) is 0 Å². The molecule has 0 spiro atoms. The Hall–Kier alpha value is 0.890. The lowest BCUT2D eigenvalue weighted by atomic mass is 9.89. The first-order chi connectivity index (χ1) is 11.8. The van der Waals surface area contributed by atoms with E-state index in [2.05, 4.69) is 62.3 Å². The van der Waals surface area contributed by atoms with E-state index in [1.165, 1.54) is 12.8 Å². The van der Waals surface area contributed by atoms with Crippen LogP contribution in [0, 0.1) is 16.2 Å². The molecule has 0 aromatic carbocycles. The van der Waals surface area contributed by atoms with Crippen molar-refractivity contribution in [1.82, 2.24) is 0 Å². The molecule has 5 heteroatoms. The van der Waals surface area contributed by atoms with Crippen LogP contribution in [0.5, 0.6) is 0 Å². The Kier molecular flexibility index (Phi) is 12.2. The first kappa shape index (κ1) is 26.9. The van der Waals surface area contributed by atoms with Crippen LogP contribution in [0.4, 0.5) is 0 Å². The Bertz CT molecular complexity index is 372. The molecule has 2 nitrogen and oxygen atoms in total. The molecule has 0 rings (SSSR count). The van der Waals surface area contributed by atoms with Gasteiger partial charge in [-0.2, -0.15) is 0 Å². The molecule has 0 saturated carbocycles. The van der Waals surface area contributed by atoms with E-state index >= 15 is 0 Å². The van der Waals surface area contributed by atoms with Crippen molar-refractivity contribution in [3.8, 4) is 0 Å². The summed E-state index contributed by atoms with van der Waals surface area (Å²) in [6.45, 7) is 20.8. The molecule has 0 saturated heterocycles. The third kappa shape index (κ3) is 12.4. The van der Waals surface area contributed by atoms with Gasteiger partial charge in [0.05, 0.1) is 6.61 Å². The van der Waals surface area contributed by atoms with Gasteiger partial charge >= 0.3 is 5.77 Å². The van der Waals surface area contributed by atoms with Crippen LogP contribution in [-0.4, -0.2) is 18.1 Å². The minimum atomic E-state index is -2.75. The van der Waals surface area contributed by atoms with E-state index in [9.17, 15) is 4.57 Å². The van der Waals surface area contributed by atoms with Gasteiger partial charge in [-0.05, 0) is 35.5 Å². The highest BCUT2D eigenvalue weighted by Crippen LogP contribution is 2.72.